The van der Waals surface area contributed by atoms with Gasteiger partial charge < -0.3 is 14.8 Å². The molecule has 1 atom stereocenters. The second-order valence-corrected chi connectivity index (χ2v) is 7.13. The van der Waals surface area contributed by atoms with E-state index in [4.69, 9.17) is 9.47 Å². The van der Waals surface area contributed by atoms with E-state index in [1.54, 1.807) is 32.4 Å². The minimum Gasteiger partial charge on any atom is -0.497 e. The van der Waals surface area contributed by atoms with Crippen LogP contribution >= 0.6 is 0 Å². The van der Waals surface area contributed by atoms with Crippen LogP contribution in [0, 0.1) is 5.82 Å². The van der Waals surface area contributed by atoms with Crippen LogP contribution in [0.2, 0.25) is 0 Å². The van der Waals surface area contributed by atoms with Crippen LogP contribution < -0.4 is 14.8 Å². The zero-order valence-electron chi connectivity index (χ0n) is 17.2. The first kappa shape index (κ1) is 21.1. The molecule has 0 aromatic heterocycles. The van der Waals surface area contributed by atoms with Gasteiger partial charge in [0.05, 0.1) is 25.9 Å². The molecule has 3 rings (SSSR count). The van der Waals surface area contributed by atoms with Gasteiger partial charge in [0.25, 0.3) is 0 Å². The van der Waals surface area contributed by atoms with E-state index in [0.717, 1.165) is 49.8 Å². The highest BCUT2D eigenvalue weighted by atomic mass is 19.1. The lowest BCUT2D eigenvalue weighted by Gasteiger charge is -2.37. The van der Waals surface area contributed by atoms with E-state index in [0.29, 0.717) is 0 Å². The third kappa shape index (κ3) is 5.25. The molecule has 1 amide bonds. The number of halogens is 1. The summed E-state index contributed by atoms with van der Waals surface area (Å²) in [6.07, 6.45) is 0. The third-order valence-corrected chi connectivity index (χ3v) is 5.35. The average Bonchev–Trinajstić information content (AvgIpc) is 2.75. The summed E-state index contributed by atoms with van der Waals surface area (Å²) in [5.41, 5.74) is 1.29. The molecule has 0 saturated carbocycles. The first-order valence-electron chi connectivity index (χ1n) is 9.74. The maximum atomic E-state index is 13.8. The summed E-state index contributed by atoms with van der Waals surface area (Å²) < 4.78 is 24.6. The van der Waals surface area contributed by atoms with Crippen LogP contribution in [0.15, 0.2) is 42.5 Å². The summed E-state index contributed by atoms with van der Waals surface area (Å²) >= 11 is 0. The Morgan fingerprint density at radius 1 is 1.10 bits per heavy atom. The zero-order valence-corrected chi connectivity index (χ0v) is 17.2. The van der Waals surface area contributed by atoms with Gasteiger partial charge in [0.2, 0.25) is 5.91 Å². The molecule has 1 fully saturated rings. The van der Waals surface area contributed by atoms with Crippen LogP contribution in [0.3, 0.4) is 0 Å². The Hall–Kier alpha value is -2.64. The molecule has 1 heterocycles. The molecular formula is C22H28FN3O3. The van der Waals surface area contributed by atoms with E-state index in [2.05, 4.69) is 15.1 Å². The van der Waals surface area contributed by atoms with Crippen LogP contribution in [0.4, 0.5) is 10.1 Å². The van der Waals surface area contributed by atoms with Gasteiger partial charge in [-0.15, -0.1) is 0 Å². The quantitative estimate of drug-likeness (QED) is 0.773. The summed E-state index contributed by atoms with van der Waals surface area (Å²) in [5, 5.41) is 2.69. The van der Waals surface area contributed by atoms with Gasteiger partial charge in [0.15, 0.2) is 0 Å². The molecule has 0 spiro atoms. The Kier molecular flexibility index (Phi) is 7.06. The van der Waals surface area contributed by atoms with Gasteiger partial charge in [-0.1, -0.05) is 12.1 Å². The van der Waals surface area contributed by atoms with Gasteiger partial charge in [-0.2, -0.15) is 0 Å². The molecule has 1 unspecified atom stereocenters. The fourth-order valence-corrected chi connectivity index (χ4v) is 3.52. The molecular weight excluding hydrogens is 373 g/mol. The predicted octanol–water partition coefficient (Wildman–Crippen LogP) is 2.99. The van der Waals surface area contributed by atoms with Crippen molar-refractivity contribution in [3.8, 4) is 11.5 Å². The van der Waals surface area contributed by atoms with E-state index in [1.165, 1.54) is 6.07 Å². The number of anilines is 1. The lowest BCUT2D eigenvalue weighted by molar-refractivity contribution is -0.121. The molecule has 7 heteroatoms. The standard InChI is InChI=1S/C22H28FN3O3/c1-16(22(27)24-20-7-5-4-6-19(20)23)26-12-10-25(11-13-26)15-17-14-18(28-2)8-9-21(17)29-3/h4-9,14,16H,10-13,15H2,1-3H3,(H,24,27). The fraction of sp³-hybridized carbons (Fsp3) is 0.409. The molecule has 0 aliphatic carbocycles. The number of nitrogens with one attached hydrogen (secondary N) is 1. The Morgan fingerprint density at radius 3 is 2.48 bits per heavy atom. The lowest BCUT2D eigenvalue weighted by atomic mass is 10.1. The second kappa shape index (κ2) is 9.71. The third-order valence-electron chi connectivity index (χ3n) is 5.35. The van der Waals surface area contributed by atoms with Crippen LogP contribution in [0.25, 0.3) is 0 Å². The van der Waals surface area contributed by atoms with E-state index < -0.39 is 5.82 Å². The van der Waals surface area contributed by atoms with Gasteiger partial charge in [0.1, 0.15) is 17.3 Å². The highest BCUT2D eigenvalue weighted by Crippen LogP contribution is 2.26. The van der Waals surface area contributed by atoms with Crippen molar-refractivity contribution in [2.45, 2.75) is 19.5 Å². The van der Waals surface area contributed by atoms with Crippen LogP contribution in [-0.2, 0) is 11.3 Å². The molecule has 0 radical (unpaired) electrons. The van der Waals surface area contributed by atoms with Gasteiger partial charge in [-0.05, 0) is 37.3 Å². The Bertz CT molecular complexity index is 838. The van der Waals surface area contributed by atoms with Crippen molar-refractivity contribution in [2.24, 2.45) is 0 Å². The Labute approximate surface area is 171 Å². The van der Waals surface area contributed by atoms with Crippen LogP contribution in [0.5, 0.6) is 11.5 Å². The fourth-order valence-electron chi connectivity index (χ4n) is 3.52. The first-order chi connectivity index (χ1) is 14.0. The van der Waals surface area contributed by atoms with E-state index in [-0.39, 0.29) is 17.6 Å². The molecule has 1 aliphatic rings. The lowest BCUT2D eigenvalue weighted by Crippen LogP contribution is -2.52. The average molecular weight is 401 g/mol. The van der Waals surface area contributed by atoms with Crippen molar-refractivity contribution >= 4 is 11.6 Å². The number of methoxy groups -OCH3 is 2. The van der Waals surface area contributed by atoms with Crippen molar-refractivity contribution in [1.29, 1.82) is 0 Å². The smallest absolute Gasteiger partial charge is 0.241 e. The number of nitrogens with zero attached hydrogens (tertiary/aromatic N) is 2. The van der Waals surface area contributed by atoms with Crippen molar-refractivity contribution in [1.82, 2.24) is 9.80 Å². The largest absolute Gasteiger partial charge is 0.497 e. The molecule has 156 valence electrons. The SMILES string of the molecule is COc1ccc(OC)c(CN2CCN(C(C)C(=O)Nc3ccccc3F)CC2)c1. The van der Waals surface area contributed by atoms with Gasteiger partial charge in [0, 0.05) is 38.3 Å². The maximum Gasteiger partial charge on any atom is 0.241 e. The number of benzene rings is 2. The van der Waals surface area contributed by atoms with E-state index >= 15 is 0 Å². The van der Waals surface area contributed by atoms with Crippen molar-refractivity contribution in [2.75, 3.05) is 45.7 Å². The van der Waals surface area contributed by atoms with Crippen molar-refractivity contribution in [3.63, 3.8) is 0 Å². The van der Waals surface area contributed by atoms with Gasteiger partial charge >= 0.3 is 0 Å². The van der Waals surface area contributed by atoms with Crippen LogP contribution in [-0.4, -0.2) is 62.1 Å². The molecule has 29 heavy (non-hydrogen) atoms. The maximum absolute atomic E-state index is 13.8. The van der Waals surface area contributed by atoms with Crippen LogP contribution in [0.1, 0.15) is 12.5 Å². The highest BCUT2D eigenvalue weighted by Gasteiger charge is 2.26. The predicted molar refractivity (Wildman–Crippen MR) is 111 cm³/mol. The topological polar surface area (TPSA) is 54.0 Å². The van der Waals surface area contributed by atoms with Gasteiger partial charge in [-0.3, -0.25) is 14.6 Å². The number of carbonyl (C=O) groups is 1. The summed E-state index contributed by atoms with van der Waals surface area (Å²) in [4.78, 5) is 17.0. The van der Waals surface area contributed by atoms with Crippen molar-refractivity contribution < 1.29 is 18.7 Å². The number of piperazine rings is 1. The van der Waals surface area contributed by atoms with Crippen molar-refractivity contribution in [3.05, 3.63) is 53.8 Å². The minimum atomic E-state index is -0.426. The minimum absolute atomic E-state index is 0.196. The summed E-state index contributed by atoms with van der Waals surface area (Å²) in [6.45, 7) is 5.80. The number of rotatable bonds is 7. The van der Waals surface area contributed by atoms with E-state index in [1.807, 2.05) is 25.1 Å². The number of carbonyl (C=O) groups excluding carboxylic acids is 1. The second-order valence-electron chi connectivity index (χ2n) is 7.13. The number of ether oxygens (including phenoxy) is 2. The number of para-hydroxylation sites is 1. The number of amides is 1. The summed E-state index contributed by atoms with van der Waals surface area (Å²) in [5.74, 6) is 1.02. The summed E-state index contributed by atoms with van der Waals surface area (Å²) in [7, 11) is 3.32. The Morgan fingerprint density at radius 2 is 1.83 bits per heavy atom. The zero-order chi connectivity index (χ0) is 20.8. The number of hydrogen-bond donors (Lipinski definition) is 1. The first-order valence-corrected chi connectivity index (χ1v) is 9.74. The molecule has 1 aliphatic heterocycles. The number of hydrogen-bond acceptors (Lipinski definition) is 5. The monoisotopic (exact) mass is 401 g/mol. The normalized spacial score (nSPS) is 16.3. The Balaban J connectivity index is 1.55. The highest BCUT2D eigenvalue weighted by molar-refractivity contribution is 5.94. The molecule has 2 aromatic carbocycles. The molecule has 0 bridgehead atoms. The van der Waals surface area contributed by atoms with E-state index in [9.17, 15) is 9.18 Å². The molecule has 1 N–H and O–H groups in total. The molecule has 2 aromatic rings. The summed E-state index contributed by atoms with van der Waals surface area (Å²) in [6, 6.07) is 11.7. The molecule has 6 nitrogen and oxygen atoms in total. The van der Waals surface area contributed by atoms with Gasteiger partial charge in [-0.25, -0.2) is 4.39 Å². The molecule has 1 saturated heterocycles.